The summed E-state index contributed by atoms with van der Waals surface area (Å²) < 4.78 is 5.05. The molecule has 0 aromatic heterocycles. The van der Waals surface area contributed by atoms with Crippen molar-refractivity contribution in [1.82, 2.24) is 10.4 Å². The van der Waals surface area contributed by atoms with Crippen molar-refractivity contribution in [2.75, 3.05) is 18.5 Å². The van der Waals surface area contributed by atoms with Gasteiger partial charge in [0, 0.05) is 17.7 Å². The molecule has 0 bridgehead atoms. The van der Waals surface area contributed by atoms with Gasteiger partial charge in [-0.2, -0.15) is 0 Å². The van der Waals surface area contributed by atoms with E-state index in [0.717, 1.165) is 16.1 Å². The molecule has 1 atom stereocenters. The summed E-state index contributed by atoms with van der Waals surface area (Å²) in [6.45, 7) is 3.34. The number of ether oxygens (including phenoxy) is 1. The second kappa shape index (κ2) is 10.0. The maximum Gasteiger partial charge on any atom is 0.311 e. The first-order valence-electron chi connectivity index (χ1n) is 9.74. The molecule has 10 heteroatoms. The monoisotopic (exact) mass is 477 g/mol. The smallest absolute Gasteiger partial charge is 0.311 e. The second-order valence-electron chi connectivity index (χ2n) is 7.43. The molecule has 0 saturated carbocycles. The summed E-state index contributed by atoms with van der Waals surface area (Å²) in [7, 11) is 0. The molecule has 1 heterocycles. The lowest BCUT2D eigenvalue weighted by Gasteiger charge is -2.17. The van der Waals surface area contributed by atoms with E-state index < -0.39 is 36.2 Å². The number of hydrazine groups is 1. The Labute approximate surface area is 194 Å². The summed E-state index contributed by atoms with van der Waals surface area (Å²) in [6, 6.07) is 9.75. The highest BCUT2D eigenvalue weighted by Crippen LogP contribution is 2.23. The quantitative estimate of drug-likeness (QED) is 0.621. The Balaban J connectivity index is 1.49. The van der Waals surface area contributed by atoms with Gasteiger partial charge in [0.1, 0.15) is 0 Å². The van der Waals surface area contributed by atoms with Crippen LogP contribution in [-0.4, -0.2) is 41.9 Å². The minimum absolute atomic E-state index is 0.0660. The molecule has 1 aliphatic rings. The number of nitrogens with zero attached hydrogens (tertiary/aromatic N) is 1. The zero-order valence-corrected chi connectivity index (χ0v) is 18.9. The number of carbonyl (C=O) groups is 4. The highest BCUT2D eigenvalue weighted by molar-refractivity contribution is 6.42. The molecule has 2 N–H and O–H groups in total. The topological polar surface area (TPSA) is 105 Å². The Morgan fingerprint density at radius 1 is 1.06 bits per heavy atom. The van der Waals surface area contributed by atoms with Crippen molar-refractivity contribution in [2.24, 2.45) is 5.92 Å². The molecule has 8 nitrogen and oxygen atoms in total. The van der Waals surface area contributed by atoms with Crippen LogP contribution in [0, 0.1) is 19.8 Å². The Morgan fingerprint density at radius 3 is 2.50 bits per heavy atom. The summed E-state index contributed by atoms with van der Waals surface area (Å²) in [5, 5.41) is 4.20. The van der Waals surface area contributed by atoms with E-state index in [-0.39, 0.29) is 23.6 Å². The first-order chi connectivity index (χ1) is 15.1. The van der Waals surface area contributed by atoms with Crippen LogP contribution in [0.15, 0.2) is 36.4 Å². The summed E-state index contributed by atoms with van der Waals surface area (Å²) in [4.78, 5) is 48.9. The van der Waals surface area contributed by atoms with Crippen molar-refractivity contribution in [1.29, 1.82) is 0 Å². The van der Waals surface area contributed by atoms with Crippen LogP contribution < -0.4 is 10.7 Å². The second-order valence-corrected chi connectivity index (χ2v) is 8.24. The number of hydrogen-bond acceptors (Lipinski definition) is 5. The molecular weight excluding hydrogens is 457 g/mol. The van der Waals surface area contributed by atoms with Gasteiger partial charge in [0.15, 0.2) is 6.61 Å². The van der Waals surface area contributed by atoms with E-state index in [4.69, 9.17) is 27.9 Å². The molecule has 1 aliphatic heterocycles. The van der Waals surface area contributed by atoms with Gasteiger partial charge in [0.25, 0.3) is 11.8 Å². The lowest BCUT2D eigenvalue weighted by atomic mass is 10.1. The van der Waals surface area contributed by atoms with Crippen molar-refractivity contribution in [2.45, 2.75) is 20.3 Å². The summed E-state index contributed by atoms with van der Waals surface area (Å²) in [5.41, 5.74) is 5.36. The zero-order chi connectivity index (χ0) is 23.4. The predicted octanol–water partition coefficient (Wildman–Crippen LogP) is 3.29. The Bertz CT molecular complexity index is 1090. The molecule has 0 radical (unpaired) electrons. The number of rotatable bonds is 6. The van der Waals surface area contributed by atoms with Gasteiger partial charge in [-0.15, -0.1) is 0 Å². The number of amides is 3. The Hall–Kier alpha value is -3.10. The minimum Gasteiger partial charge on any atom is -0.455 e. The highest BCUT2D eigenvalue weighted by Gasteiger charge is 2.36. The third-order valence-electron chi connectivity index (χ3n) is 5.01. The number of aryl methyl sites for hydroxylation is 2. The standard InChI is InChI=1S/C22H21Cl2N3O5/c1-12-3-5-16(7-13(12)2)25-19(28)11-32-22(31)15-9-20(29)27(10-15)26-21(30)14-4-6-17(23)18(24)8-14/h3-8,15H,9-11H2,1-2H3,(H,25,28)(H,26,30)/t15-/m1/s1. The van der Waals surface area contributed by atoms with Gasteiger partial charge >= 0.3 is 5.97 Å². The van der Waals surface area contributed by atoms with Gasteiger partial charge in [-0.3, -0.25) is 29.6 Å². The number of esters is 1. The lowest BCUT2D eigenvalue weighted by Crippen LogP contribution is -2.43. The lowest BCUT2D eigenvalue weighted by molar-refractivity contribution is -0.151. The van der Waals surface area contributed by atoms with Gasteiger partial charge in [-0.05, 0) is 55.3 Å². The van der Waals surface area contributed by atoms with E-state index in [2.05, 4.69) is 10.7 Å². The van der Waals surface area contributed by atoms with Crippen molar-refractivity contribution >= 4 is 52.6 Å². The molecule has 1 saturated heterocycles. The molecular formula is C22H21Cl2N3O5. The molecule has 2 aromatic rings. The van der Waals surface area contributed by atoms with Crippen molar-refractivity contribution in [3.63, 3.8) is 0 Å². The van der Waals surface area contributed by atoms with Crippen molar-refractivity contribution < 1.29 is 23.9 Å². The van der Waals surface area contributed by atoms with E-state index in [1.807, 2.05) is 26.0 Å². The molecule has 168 valence electrons. The third kappa shape index (κ3) is 5.77. The van der Waals surface area contributed by atoms with Crippen LogP contribution in [-0.2, 0) is 19.1 Å². The highest BCUT2D eigenvalue weighted by atomic mass is 35.5. The fourth-order valence-corrected chi connectivity index (χ4v) is 3.37. The number of carbonyl (C=O) groups excluding carboxylic acids is 4. The van der Waals surface area contributed by atoms with E-state index in [0.29, 0.717) is 10.7 Å². The molecule has 0 aliphatic carbocycles. The fourth-order valence-electron chi connectivity index (χ4n) is 3.07. The van der Waals surface area contributed by atoms with Gasteiger partial charge in [-0.25, -0.2) is 0 Å². The SMILES string of the molecule is Cc1ccc(NC(=O)COC(=O)[C@@H]2CC(=O)N(NC(=O)c3ccc(Cl)c(Cl)c3)C2)cc1C. The van der Waals surface area contributed by atoms with Gasteiger partial charge < -0.3 is 10.1 Å². The van der Waals surface area contributed by atoms with Crippen LogP contribution in [0.5, 0.6) is 0 Å². The van der Waals surface area contributed by atoms with Gasteiger partial charge in [-0.1, -0.05) is 29.3 Å². The maximum absolute atomic E-state index is 12.3. The number of halogens is 2. The van der Waals surface area contributed by atoms with Crippen LogP contribution in [0.1, 0.15) is 27.9 Å². The predicted molar refractivity (Wildman–Crippen MR) is 119 cm³/mol. The first kappa shape index (κ1) is 23.6. The zero-order valence-electron chi connectivity index (χ0n) is 17.4. The molecule has 2 aromatic carbocycles. The summed E-state index contributed by atoms with van der Waals surface area (Å²) in [6.07, 6.45) is -0.140. The van der Waals surface area contributed by atoms with E-state index in [1.165, 1.54) is 18.2 Å². The normalized spacial score (nSPS) is 15.4. The molecule has 0 spiro atoms. The number of anilines is 1. The van der Waals surface area contributed by atoms with Crippen LogP contribution in [0.3, 0.4) is 0 Å². The number of nitrogens with one attached hydrogen (secondary N) is 2. The molecule has 32 heavy (non-hydrogen) atoms. The van der Waals surface area contributed by atoms with Crippen molar-refractivity contribution in [3.8, 4) is 0 Å². The van der Waals surface area contributed by atoms with Crippen LogP contribution in [0.2, 0.25) is 10.0 Å². The largest absolute Gasteiger partial charge is 0.455 e. The fraction of sp³-hybridized carbons (Fsp3) is 0.273. The minimum atomic E-state index is -0.800. The average Bonchev–Trinajstić information content (AvgIpc) is 3.11. The third-order valence-corrected chi connectivity index (χ3v) is 5.75. The molecule has 3 rings (SSSR count). The summed E-state index contributed by atoms with van der Waals surface area (Å²) in [5.74, 6) is -3.00. The van der Waals surface area contributed by atoms with Crippen LogP contribution >= 0.6 is 23.2 Å². The first-order valence-corrected chi connectivity index (χ1v) is 10.5. The summed E-state index contributed by atoms with van der Waals surface area (Å²) >= 11 is 11.7. The number of hydrogen-bond donors (Lipinski definition) is 2. The van der Waals surface area contributed by atoms with Crippen molar-refractivity contribution in [3.05, 3.63) is 63.1 Å². The van der Waals surface area contributed by atoms with Crippen LogP contribution in [0.4, 0.5) is 5.69 Å². The molecule has 1 fully saturated rings. The average molecular weight is 478 g/mol. The molecule has 0 unspecified atom stereocenters. The Morgan fingerprint density at radius 2 is 1.81 bits per heavy atom. The Kier molecular flexibility index (Phi) is 7.37. The van der Waals surface area contributed by atoms with Gasteiger partial charge in [0.05, 0.1) is 22.5 Å². The molecule has 3 amide bonds. The maximum atomic E-state index is 12.3. The van der Waals surface area contributed by atoms with E-state index in [1.54, 1.807) is 6.07 Å². The van der Waals surface area contributed by atoms with E-state index in [9.17, 15) is 19.2 Å². The van der Waals surface area contributed by atoms with Gasteiger partial charge in [0.2, 0.25) is 5.91 Å². The van der Waals surface area contributed by atoms with E-state index >= 15 is 0 Å². The van der Waals surface area contributed by atoms with Crippen LogP contribution in [0.25, 0.3) is 0 Å². The number of benzene rings is 2.